The van der Waals surface area contributed by atoms with Crippen LogP contribution in [0, 0.1) is 5.92 Å². The number of ether oxygens (including phenoxy) is 1. The lowest BCUT2D eigenvalue weighted by Gasteiger charge is -2.27. The first-order chi connectivity index (χ1) is 14.5. The van der Waals surface area contributed by atoms with Gasteiger partial charge < -0.3 is 4.74 Å². The molecule has 0 heterocycles. The van der Waals surface area contributed by atoms with Crippen molar-refractivity contribution in [3.63, 3.8) is 0 Å². The maximum Gasteiger partial charge on any atom is 0.383 e. The highest BCUT2D eigenvalue weighted by Gasteiger charge is 2.33. The Bertz CT molecular complexity index is 800. The lowest BCUT2D eigenvalue weighted by molar-refractivity contribution is -0.248. The van der Waals surface area contributed by atoms with Gasteiger partial charge in [-0.15, -0.1) is 13.2 Å². The molecule has 0 N–H and O–H groups in total. The number of hydrogen-bond donors (Lipinski definition) is 0. The molecule has 0 radical (unpaired) electrons. The number of hydrogen-bond acceptors (Lipinski definition) is 1. The standard InChI is InChI=1S/C27H32F2O/c1-3-5-6-22-7-9-23(10-8-22)19-20-30-27(28,29)26-17-15-25(16-18-26)24-13-11-21(4-2)12-14-24/h3-4,7-10,15-18,21,24H,1-2,5-6,11-14,19-20H2. The van der Waals surface area contributed by atoms with Gasteiger partial charge in [0.1, 0.15) is 0 Å². The van der Waals surface area contributed by atoms with Crippen molar-refractivity contribution < 1.29 is 13.5 Å². The van der Waals surface area contributed by atoms with Gasteiger partial charge in [0.15, 0.2) is 0 Å². The normalized spacial score (nSPS) is 19.4. The Labute approximate surface area is 179 Å². The highest BCUT2D eigenvalue weighted by molar-refractivity contribution is 5.28. The molecule has 3 rings (SSSR count). The monoisotopic (exact) mass is 410 g/mol. The van der Waals surface area contributed by atoms with Crippen molar-refractivity contribution >= 4 is 0 Å². The average Bonchev–Trinajstić information content (AvgIpc) is 2.78. The molecule has 0 bridgehead atoms. The second kappa shape index (κ2) is 10.7. The Morgan fingerprint density at radius 1 is 0.867 bits per heavy atom. The molecule has 0 aromatic heterocycles. The van der Waals surface area contributed by atoms with E-state index in [1.165, 1.54) is 17.7 Å². The number of alkyl halides is 2. The van der Waals surface area contributed by atoms with E-state index in [2.05, 4.69) is 13.2 Å². The first-order valence-corrected chi connectivity index (χ1v) is 11.0. The lowest BCUT2D eigenvalue weighted by Crippen LogP contribution is -2.20. The summed E-state index contributed by atoms with van der Waals surface area (Å²) in [6.45, 7) is 7.58. The van der Waals surface area contributed by atoms with Crippen LogP contribution >= 0.6 is 0 Å². The highest BCUT2D eigenvalue weighted by Crippen LogP contribution is 2.37. The number of benzene rings is 2. The van der Waals surface area contributed by atoms with Gasteiger partial charge in [-0.3, -0.25) is 0 Å². The molecule has 0 spiro atoms. The maximum absolute atomic E-state index is 14.5. The fraction of sp³-hybridized carbons (Fsp3) is 0.407. The van der Waals surface area contributed by atoms with E-state index in [0.29, 0.717) is 18.3 Å². The average molecular weight is 411 g/mol. The largest absolute Gasteiger partial charge is 0.383 e. The van der Waals surface area contributed by atoms with Crippen molar-refractivity contribution in [2.45, 2.75) is 57.0 Å². The highest BCUT2D eigenvalue weighted by atomic mass is 19.3. The van der Waals surface area contributed by atoms with Gasteiger partial charge in [0.25, 0.3) is 0 Å². The molecule has 2 aromatic rings. The summed E-state index contributed by atoms with van der Waals surface area (Å²) in [5.74, 6) is 1.06. The minimum Gasteiger partial charge on any atom is -0.316 e. The van der Waals surface area contributed by atoms with E-state index in [1.54, 1.807) is 0 Å². The van der Waals surface area contributed by atoms with Crippen molar-refractivity contribution in [3.05, 3.63) is 96.1 Å². The van der Waals surface area contributed by atoms with E-state index in [0.717, 1.165) is 49.7 Å². The molecule has 1 nitrogen and oxygen atoms in total. The van der Waals surface area contributed by atoms with Gasteiger partial charge in [-0.1, -0.05) is 60.7 Å². The molecule has 2 aromatic carbocycles. The second-order valence-electron chi connectivity index (χ2n) is 8.23. The van der Waals surface area contributed by atoms with Crippen molar-refractivity contribution in [2.75, 3.05) is 6.61 Å². The molecular formula is C27H32F2O. The SMILES string of the molecule is C=CCCc1ccc(CCOC(F)(F)c2ccc(C3CCC(C=C)CC3)cc2)cc1. The molecule has 30 heavy (non-hydrogen) atoms. The smallest absolute Gasteiger partial charge is 0.316 e. The second-order valence-corrected chi connectivity index (χ2v) is 8.23. The van der Waals surface area contributed by atoms with Crippen LogP contribution < -0.4 is 0 Å². The molecule has 1 aliphatic carbocycles. The summed E-state index contributed by atoms with van der Waals surface area (Å²) in [4.78, 5) is 0. The van der Waals surface area contributed by atoms with Crippen LogP contribution in [-0.2, 0) is 23.7 Å². The van der Waals surface area contributed by atoms with Crippen molar-refractivity contribution in [3.8, 4) is 0 Å². The summed E-state index contributed by atoms with van der Waals surface area (Å²) in [7, 11) is 0. The van der Waals surface area contributed by atoms with Crippen LogP contribution in [0.2, 0.25) is 0 Å². The Hall–Kier alpha value is -2.26. The summed E-state index contributed by atoms with van der Waals surface area (Å²) in [5, 5.41) is 0. The van der Waals surface area contributed by atoms with Crippen LogP contribution in [0.15, 0.2) is 73.8 Å². The molecular weight excluding hydrogens is 378 g/mol. The Morgan fingerprint density at radius 2 is 1.47 bits per heavy atom. The molecule has 0 aliphatic heterocycles. The van der Waals surface area contributed by atoms with Gasteiger partial charge in [-0.2, -0.15) is 8.78 Å². The minimum absolute atomic E-state index is 0.0215. The summed E-state index contributed by atoms with van der Waals surface area (Å²) in [6.07, 6.45) is 7.44. The first-order valence-electron chi connectivity index (χ1n) is 11.0. The van der Waals surface area contributed by atoms with Crippen LogP contribution in [0.1, 0.15) is 60.3 Å². The predicted octanol–water partition coefficient (Wildman–Crippen LogP) is 7.57. The molecule has 0 unspecified atom stereocenters. The Morgan fingerprint density at radius 3 is 2.03 bits per heavy atom. The topological polar surface area (TPSA) is 9.23 Å². The van der Waals surface area contributed by atoms with Gasteiger partial charge in [-0.05, 0) is 73.5 Å². The van der Waals surface area contributed by atoms with Gasteiger partial charge >= 0.3 is 6.11 Å². The summed E-state index contributed by atoms with van der Waals surface area (Å²) < 4.78 is 34.0. The van der Waals surface area contributed by atoms with Gasteiger partial charge in [0.05, 0.1) is 12.2 Å². The first kappa shape index (κ1) is 22.4. The number of rotatable bonds is 10. The van der Waals surface area contributed by atoms with Crippen LogP contribution in [0.3, 0.4) is 0 Å². The summed E-state index contributed by atoms with van der Waals surface area (Å²) in [5.41, 5.74) is 3.29. The Balaban J connectivity index is 1.50. The number of allylic oxidation sites excluding steroid dienone is 2. The molecule has 0 amide bonds. The predicted molar refractivity (Wildman–Crippen MR) is 120 cm³/mol. The Kier molecular flexibility index (Phi) is 7.98. The van der Waals surface area contributed by atoms with Gasteiger partial charge in [0, 0.05) is 0 Å². The molecule has 160 valence electrons. The van der Waals surface area contributed by atoms with Crippen molar-refractivity contribution in [1.29, 1.82) is 0 Å². The van der Waals surface area contributed by atoms with E-state index in [9.17, 15) is 8.78 Å². The summed E-state index contributed by atoms with van der Waals surface area (Å²) in [6, 6.07) is 14.8. The van der Waals surface area contributed by atoms with Crippen molar-refractivity contribution in [2.24, 2.45) is 5.92 Å². The zero-order valence-electron chi connectivity index (χ0n) is 17.7. The third-order valence-corrected chi connectivity index (χ3v) is 6.16. The number of halogens is 2. The van der Waals surface area contributed by atoms with E-state index >= 15 is 0 Å². The molecule has 0 saturated heterocycles. The fourth-order valence-corrected chi connectivity index (χ4v) is 4.16. The molecule has 1 aliphatic rings. The molecule has 1 fully saturated rings. The van der Waals surface area contributed by atoms with Crippen LogP contribution in [-0.4, -0.2) is 6.61 Å². The van der Waals surface area contributed by atoms with Crippen molar-refractivity contribution in [1.82, 2.24) is 0 Å². The zero-order valence-corrected chi connectivity index (χ0v) is 17.7. The van der Waals surface area contributed by atoms with E-state index < -0.39 is 6.11 Å². The summed E-state index contributed by atoms with van der Waals surface area (Å²) >= 11 is 0. The lowest BCUT2D eigenvalue weighted by atomic mass is 9.79. The van der Waals surface area contributed by atoms with Crippen LogP contribution in [0.5, 0.6) is 0 Å². The molecule has 1 saturated carbocycles. The molecule has 3 heteroatoms. The minimum atomic E-state index is -3.27. The fourth-order valence-electron chi connectivity index (χ4n) is 4.16. The van der Waals surface area contributed by atoms with E-state index in [-0.39, 0.29) is 12.2 Å². The maximum atomic E-state index is 14.5. The molecule has 0 atom stereocenters. The van der Waals surface area contributed by atoms with Gasteiger partial charge in [-0.25, -0.2) is 0 Å². The zero-order chi connectivity index (χ0) is 21.4. The van der Waals surface area contributed by atoms with Crippen LogP contribution in [0.4, 0.5) is 8.78 Å². The van der Waals surface area contributed by atoms with Crippen LogP contribution in [0.25, 0.3) is 0 Å². The quantitative estimate of drug-likeness (QED) is 0.367. The van der Waals surface area contributed by atoms with E-state index in [4.69, 9.17) is 4.74 Å². The number of aryl methyl sites for hydroxylation is 1. The van der Waals surface area contributed by atoms with Gasteiger partial charge in [0.2, 0.25) is 0 Å². The third-order valence-electron chi connectivity index (χ3n) is 6.16. The van der Waals surface area contributed by atoms with E-state index in [1.807, 2.05) is 48.6 Å². The third kappa shape index (κ3) is 6.12.